The van der Waals surface area contributed by atoms with Crippen molar-refractivity contribution in [2.24, 2.45) is 0 Å². The molecule has 2 atom stereocenters. The van der Waals surface area contributed by atoms with Crippen LogP contribution in [0.4, 0.5) is 4.39 Å². The molecule has 0 spiro atoms. The summed E-state index contributed by atoms with van der Waals surface area (Å²) >= 11 is 2.00. The van der Waals surface area contributed by atoms with Crippen LogP contribution in [0.3, 0.4) is 0 Å². The number of hydrogen-bond donors (Lipinski definition) is 1. The normalized spacial score (nSPS) is 33.0. The molecule has 2 saturated heterocycles. The van der Waals surface area contributed by atoms with Crippen molar-refractivity contribution in [2.45, 2.75) is 55.1 Å². The van der Waals surface area contributed by atoms with Gasteiger partial charge in [0.2, 0.25) is 0 Å². The molecule has 2 bridgehead atoms. The van der Waals surface area contributed by atoms with E-state index in [-0.39, 0.29) is 5.82 Å². The Morgan fingerprint density at radius 3 is 2.65 bits per heavy atom. The Kier molecular flexibility index (Phi) is 3.95. The van der Waals surface area contributed by atoms with Gasteiger partial charge in [-0.05, 0) is 50.3 Å². The largest absolute Gasteiger partial charge is 0.494 e. The first-order valence-electron chi connectivity index (χ1n) is 7.41. The Balaban J connectivity index is 1.90. The zero-order chi connectivity index (χ0) is 14.2. The highest BCUT2D eigenvalue weighted by molar-refractivity contribution is 8.00. The monoisotopic (exact) mass is 296 g/mol. The zero-order valence-corrected chi connectivity index (χ0v) is 12.6. The van der Waals surface area contributed by atoms with Crippen molar-refractivity contribution < 1.29 is 14.2 Å². The van der Waals surface area contributed by atoms with Crippen LogP contribution in [0.15, 0.2) is 18.2 Å². The van der Waals surface area contributed by atoms with Gasteiger partial charge in [0.1, 0.15) is 11.6 Å². The van der Waals surface area contributed by atoms with Gasteiger partial charge in [0.15, 0.2) is 0 Å². The Hall–Kier alpha value is -0.740. The van der Waals surface area contributed by atoms with E-state index in [1.54, 1.807) is 6.07 Å². The van der Waals surface area contributed by atoms with Gasteiger partial charge in [0.05, 0.1) is 12.2 Å². The minimum Gasteiger partial charge on any atom is -0.494 e. The molecule has 0 aromatic heterocycles. The molecule has 2 fully saturated rings. The molecular formula is C16H21FO2S. The second-order valence-corrected chi connectivity index (χ2v) is 7.46. The minimum absolute atomic E-state index is 0.331. The number of benzene rings is 1. The van der Waals surface area contributed by atoms with Crippen molar-refractivity contribution in [3.8, 4) is 5.75 Å². The van der Waals surface area contributed by atoms with Crippen molar-refractivity contribution in [1.82, 2.24) is 0 Å². The Morgan fingerprint density at radius 1 is 1.30 bits per heavy atom. The van der Waals surface area contributed by atoms with E-state index in [0.717, 1.165) is 25.7 Å². The minimum atomic E-state index is -0.894. The van der Waals surface area contributed by atoms with Crippen LogP contribution in [0.25, 0.3) is 0 Å². The number of rotatable bonds is 3. The lowest BCUT2D eigenvalue weighted by Crippen LogP contribution is -2.40. The molecule has 0 aliphatic carbocycles. The average molecular weight is 296 g/mol. The molecule has 2 nitrogen and oxygen atoms in total. The van der Waals surface area contributed by atoms with E-state index >= 15 is 0 Å². The smallest absolute Gasteiger partial charge is 0.127 e. The van der Waals surface area contributed by atoms with Gasteiger partial charge in [-0.1, -0.05) is 6.42 Å². The molecule has 1 N–H and O–H groups in total. The molecule has 1 aromatic carbocycles. The van der Waals surface area contributed by atoms with Gasteiger partial charge in [-0.3, -0.25) is 0 Å². The third-order valence-electron chi connectivity index (χ3n) is 4.29. The number of fused-ring (bicyclic) bond motifs is 2. The van der Waals surface area contributed by atoms with Crippen LogP contribution in [-0.2, 0) is 5.60 Å². The fourth-order valence-corrected chi connectivity index (χ4v) is 5.33. The zero-order valence-electron chi connectivity index (χ0n) is 11.8. The van der Waals surface area contributed by atoms with Crippen LogP contribution in [0, 0.1) is 5.82 Å². The number of halogens is 1. The fraction of sp³-hybridized carbons (Fsp3) is 0.625. The summed E-state index contributed by atoms with van der Waals surface area (Å²) in [5, 5.41) is 12.0. The van der Waals surface area contributed by atoms with Gasteiger partial charge >= 0.3 is 0 Å². The van der Waals surface area contributed by atoms with E-state index in [0.29, 0.717) is 28.4 Å². The van der Waals surface area contributed by atoms with E-state index < -0.39 is 5.60 Å². The molecule has 0 radical (unpaired) electrons. The van der Waals surface area contributed by atoms with Gasteiger partial charge in [0.25, 0.3) is 0 Å². The summed E-state index contributed by atoms with van der Waals surface area (Å²) < 4.78 is 19.2. The maximum atomic E-state index is 13.8. The maximum Gasteiger partial charge on any atom is 0.127 e. The van der Waals surface area contributed by atoms with Crippen LogP contribution in [0.5, 0.6) is 5.75 Å². The van der Waals surface area contributed by atoms with Crippen LogP contribution in [-0.4, -0.2) is 22.2 Å². The van der Waals surface area contributed by atoms with E-state index in [4.69, 9.17) is 4.74 Å². The molecule has 2 unspecified atom stereocenters. The third kappa shape index (κ3) is 2.82. The highest BCUT2D eigenvalue weighted by Crippen LogP contribution is 2.49. The summed E-state index contributed by atoms with van der Waals surface area (Å²) in [6, 6.07) is 4.65. The molecule has 0 saturated carbocycles. The average Bonchev–Trinajstić information content (AvgIpc) is 2.38. The summed E-state index contributed by atoms with van der Waals surface area (Å²) in [6.07, 6.45) is 5.03. The van der Waals surface area contributed by atoms with Crippen molar-refractivity contribution >= 4 is 11.8 Å². The van der Waals surface area contributed by atoms with Gasteiger partial charge in [-0.15, -0.1) is 0 Å². The fourth-order valence-electron chi connectivity index (χ4n) is 3.44. The molecule has 2 aliphatic heterocycles. The lowest BCUT2D eigenvalue weighted by atomic mass is 9.80. The Morgan fingerprint density at radius 2 is 2.00 bits per heavy atom. The van der Waals surface area contributed by atoms with Crippen LogP contribution in [0.2, 0.25) is 0 Å². The SMILES string of the molecule is CCOc1cc(F)cc(C2(O)CC3CCCC(C2)S3)c1. The summed E-state index contributed by atoms with van der Waals surface area (Å²) in [6.45, 7) is 2.38. The standard InChI is InChI=1S/C16H21FO2S/c1-2-19-13-7-11(6-12(17)8-13)16(18)9-14-4-3-5-15(10-16)20-14/h6-8,14-15,18H,2-5,9-10H2,1H3. The lowest BCUT2D eigenvalue weighted by Gasteiger charge is -2.44. The highest BCUT2D eigenvalue weighted by atomic mass is 32.2. The van der Waals surface area contributed by atoms with E-state index in [2.05, 4.69) is 0 Å². The van der Waals surface area contributed by atoms with Crippen molar-refractivity contribution in [1.29, 1.82) is 0 Å². The van der Waals surface area contributed by atoms with Crippen molar-refractivity contribution in [2.75, 3.05) is 6.61 Å². The van der Waals surface area contributed by atoms with E-state index in [9.17, 15) is 9.50 Å². The second kappa shape index (κ2) is 5.57. The first kappa shape index (κ1) is 14.2. The lowest BCUT2D eigenvalue weighted by molar-refractivity contribution is 0.00763. The molecule has 0 amide bonds. The number of thioether (sulfide) groups is 1. The summed E-state index contributed by atoms with van der Waals surface area (Å²) in [5.74, 6) is 0.182. The van der Waals surface area contributed by atoms with E-state index in [1.807, 2.05) is 18.7 Å². The Bertz CT molecular complexity index is 479. The van der Waals surface area contributed by atoms with Crippen LogP contribution in [0.1, 0.15) is 44.6 Å². The molecule has 3 rings (SSSR count). The van der Waals surface area contributed by atoms with Gasteiger partial charge in [-0.25, -0.2) is 4.39 Å². The van der Waals surface area contributed by atoms with Crippen molar-refractivity contribution in [3.63, 3.8) is 0 Å². The summed E-state index contributed by atoms with van der Waals surface area (Å²) in [4.78, 5) is 0. The molecule has 4 heteroatoms. The topological polar surface area (TPSA) is 29.5 Å². The number of aliphatic hydroxyl groups is 1. The molecule has 20 heavy (non-hydrogen) atoms. The predicted octanol–water partition coefficient (Wildman–Crippen LogP) is 3.86. The van der Waals surface area contributed by atoms with Crippen LogP contribution >= 0.6 is 11.8 Å². The highest BCUT2D eigenvalue weighted by Gasteiger charge is 2.42. The number of hydrogen-bond acceptors (Lipinski definition) is 3. The van der Waals surface area contributed by atoms with Gasteiger partial charge in [-0.2, -0.15) is 11.8 Å². The molecule has 1 aromatic rings. The first-order valence-corrected chi connectivity index (χ1v) is 8.35. The van der Waals surface area contributed by atoms with Crippen LogP contribution < -0.4 is 4.74 Å². The first-order chi connectivity index (χ1) is 9.59. The molecule has 110 valence electrons. The van der Waals surface area contributed by atoms with E-state index in [1.165, 1.54) is 18.6 Å². The Labute approximate surface area is 123 Å². The summed E-state index contributed by atoms with van der Waals surface area (Å²) in [5.41, 5.74) is -0.215. The molecule has 2 aliphatic rings. The second-order valence-electron chi connectivity index (χ2n) is 5.86. The van der Waals surface area contributed by atoms with Gasteiger partial charge in [0, 0.05) is 16.6 Å². The molecule has 2 heterocycles. The quantitative estimate of drug-likeness (QED) is 0.918. The van der Waals surface area contributed by atoms with Gasteiger partial charge < -0.3 is 9.84 Å². The van der Waals surface area contributed by atoms with Crippen molar-refractivity contribution in [3.05, 3.63) is 29.6 Å². The number of ether oxygens (including phenoxy) is 1. The predicted molar refractivity (Wildman–Crippen MR) is 79.7 cm³/mol. The molecular weight excluding hydrogens is 275 g/mol. The summed E-state index contributed by atoms with van der Waals surface area (Å²) in [7, 11) is 0. The maximum absolute atomic E-state index is 13.8. The third-order valence-corrected chi connectivity index (χ3v) is 5.86.